The van der Waals surface area contributed by atoms with E-state index in [2.05, 4.69) is 10.1 Å². The summed E-state index contributed by atoms with van der Waals surface area (Å²) in [6, 6.07) is 1.93. The van der Waals surface area contributed by atoms with Gasteiger partial charge in [0.05, 0.1) is 22.5 Å². The first-order valence-corrected chi connectivity index (χ1v) is 6.14. The van der Waals surface area contributed by atoms with Crippen molar-refractivity contribution in [1.29, 1.82) is 0 Å². The standard InChI is InChI=1S/C13H16ClN3O/c1-8-4-10(7-15-6-8)12(18)5-11-13(14)9(2)16-17(11)3/h4,6-7,12,18H,5H2,1-3H3. The van der Waals surface area contributed by atoms with Crippen LogP contribution in [0.4, 0.5) is 0 Å². The van der Waals surface area contributed by atoms with Crippen molar-refractivity contribution in [2.24, 2.45) is 7.05 Å². The molecule has 1 atom stereocenters. The predicted octanol–water partition coefficient (Wildman–Crippen LogP) is 2.36. The molecule has 18 heavy (non-hydrogen) atoms. The Morgan fingerprint density at radius 1 is 1.39 bits per heavy atom. The van der Waals surface area contributed by atoms with E-state index in [9.17, 15) is 5.11 Å². The number of hydrogen-bond donors (Lipinski definition) is 1. The molecule has 1 N–H and O–H groups in total. The Labute approximate surface area is 111 Å². The van der Waals surface area contributed by atoms with Crippen LogP contribution in [0.15, 0.2) is 18.5 Å². The van der Waals surface area contributed by atoms with Crippen LogP contribution in [0.2, 0.25) is 5.02 Å². The van der Waals surface area contributed by atoms with Gasteiger partial charge in [-0.05, 0) is 25.0 Å². The van der Waals surface area contributed by atoms with Crippen LogP contribution in [0.1, 0.15) is 28.6 Å². The number of rotatable bonds is 3. The maximum absolute atomic E-state index is 10.2. The van der Waals surface area contributed by atoms with Gasteiger partial charge in [-0.2, -0.15) is 5.10 Å². The monoisotopic (exact) mass is 265 g/mol. The van der Waals surface area contributed by atoms with Crippen LogP contribution >= 0.6 is 11.6 Å². The molecule has 96 valence electrons. The fourth-order valence-electron chi connectivity index (χ4n) is 1.96. The number of pyridine rings is 1. The zero-order valence-electron chi connectivity index (χ0n) is 10.7. The van der Waals surface area contributed by atoms with E-state index < -0.39 is 6.10 Å². The largest absolute Gasteiger partial charge is 0.388 e. The van der Waals surface area contributed by atoms with E-state index in [-0.39, 0.29) is 0 Å². The topological polar surface area (TPSA) is 50.9 Å². The highest BCUT2D eigenvalue weighted by atomic mass is 35.5. The average Bonchev–Trinajstić information content (AvgIpc) is 2.56. The number of aromatic nitrogens is 3. The molecule has 0 amide bonds. The van der Waals surface area contributed by atoms with Gasteiger partial charge in [0.2, 0.25) is 0 Å². The highest BCUT2D eigenvalue weighted by Crippen LogP contribution is 2.25. The zero-order chi connectivity index (χ0) is 13.3. The van der Waals surface area contributed by atoms with Crippen molar-refractivity contribution in [3.05, 3.63) is 46.0 Å². The number of nitrogens with zero attached hydrogens (tertiary/aromatic N) is 3. The molecule has 1 unspecified atom stereocenters. The summed E-state index contributed by atoms with van der Waals surface area (Å²) in [5.74, 6) is 0. The van der Waals surface area contributed by atoms with Crippen molar-refractivity contribution >= 4 is 11.6 Å². The Bertz CT molecular complexity index is 565. The molecule has 0 aliphatic carbocycles. The summed E-state index contributed by atoms with van der Waals surface area (Å²) < 4.78 is 1.71. The molecule has 4 nitrogen and oxygen atoms in total. The van der Waals surface area contributed by atoms with E-state index in [1.165, 1.54) is 0 Å². The molecular formula is C13H16ClN3O. The summed E-state index contributed by atoms with van der Waals surface area (Å²) in [5, 5.41) is 15.1. The van der Waals surface area contributed by atoms with E-state index in [1.807, 2.05) is 27.0 Å². The summed E-state index contributed by atoms with van der Waals surface area (Å²) in [6.07, 6.45) is 3.25. The average molecular weight is 266 g/mol. The third kappa shape index (κ3) is 2.54. The molecule has 5 heteroatoms. The number of aliphatic hydroxyl groups excluding tert-OH is 1. The Kier molecular flexibility index (Phi) is 3.68. The summed E-state index contributed by atoms with van der Waals surface area (Å²) >= 11 is 6.17. The predicted molar refractivity (Wildman–Crippen MR) is 70.6 cm³/mol. The molecule has 2 heterocycles. The lowest BCUT2D eigenvalue weighted by atomic mass is 10.1. The third-order valence-electron chi connectivity index (χ3n) is 2.93. The normalized spacial score (nSPS) is 12.7. The Morgan fingerprint density at radius 2 is 2.11 bits per heavy atom. The van der Waals surface area contributed by atoms with Crippen LogP contribution in [0, 0.1) is 13.8 Å². The van der Waals surface area contributed by atoms with E-state index in [0.29, 0.717) is 11.4 Å². The van der Waals surface area contributed by atoms with Gasteiger partial charge in [-0.3, -0.25) is 9.67 Å². The first-order chi connectivity index (χ1) is 8.49. The molecule has 0 fully saturated rings. The maximum atomic E-state index is 10.2. The Morgan fingerprint density at radius 3 is 2.67 bits per heavy atom. The molecule has 0 saturated carbocycles. The SMILES string of the molecule is Cc1cncc(C(O)Cc2c(Cl)c(C)nn2C)c1. The van der Waals surface area contributed by atoms with Crippen LogP contribution in [0.5, 0.6) is 0 Å². The van der Waals surface area contributed by atoms with Crippen molar-refractivity contribution in [3.63, 3.8) is 0 Å². The maximum Gasteiger partial charge on any atom is 0.0860 e. The fraction of sp³-hybridized carbons (Fsp3) is 0.385. The van der Waals surface area contributed by atoms with Crippen molar-refractivity contribution in [2.45, 2.75) is 26.4 Å². The van der Waals surface area contributed by atoms with Crippen molar-refractivity contribution in [2.75, 3.05) is 0 Å². The lowest BCUT2D eigenvalue weighted by molar-refractivity contribution is 0.175. The van der Waals surface area contributed by atoms with Crippen LogP contribution in [-0.2, 0) is 13.5 Å². The summed E-state index contributed by atoms with van der Waals surface area (Å²) in [5.41, 5.74) is 3.44. The Balaban J connectivity index is 2.24. The highest BCUT2D eigenvalue weighted by molar-refractivity contribution is 6.31. The summed E-state index contributed by atoms with van der Waals surface area (Å²) in [6.45, 7) is 3.80. The first-order valence-electron chi connectivity index (χ1n) is 5.76. The van der Waals surface area contributed by atoms with Crippen molar-refractivity contribution < 1.29 is 5.11 Å². The van der Waals surface area contributed by atoms with Gasteiger partial charge in [-0.15, -0.1) is 0 Å². The van der Waals surface area contributed by atoms with Crippen LogP contribution in [-0.4, -0.2) is 19.9 Å². The van der Waals surface area contributed by atoms with E-state index in [4.69, 9.17) is 11.6 Å². The summed E-state index contributed by atoms with van der Waals surface area (Å²) in [7, 11) is 1.83. The molecule has 2 rings (SSSR count). The minimum atomic E-state index is -0.621. The second kappa shape index (κ2) is 5.08. The van der Waals surface area contributed by atoms with Crippen LogP contribution in [0.25, 0.3) is 0 Å². The lowest BCUT2D eigenvalue weighted by Crippen LogP contribution is -2.07. The molecule has 0 aliphatic rings. The lowest BCUT2D eigenvalue weighted by Gasteiger charge is -2.11. The second-order valence-corrected chi connectivity index (χ2v) is 4.86. The highest BCUT2D eigenvalue weighted by Gasteiger charge is 2.16. The molecule has 0 aliphatic heterocycles. The smallest absolute Gasteiger partial charge is 0.0860 e. The van der Waals surface area contributed by atoms with Crippen LogP contribution in [0.3, 0.4) is 0 Å². The van der Waals surface area contributed by atoms with Gasteiger partial charge >= 0.3 is 0 Å². The van der Waals surface area contributed by atoms with Crippen molar-refractivity contribution in [1.82, 2.24) is 14.8 Å². The van der Waals surface area contributed by atoms with Gasteiger partial charge in [-0.1, -0.05) is 17.7 Å². The molecule has 2 aromatic heterocycles. The molecule has 2 aromatic rings. The first kappa shape index (κ1) is 13.1. The molecule has 0 radical (unpaired) electrons. The zero-order valence-corrected chi connectivity index (χ0v) is 11.4. The molecule has 0 bridgehead atoms. The quantitative estimate of drug-likeness (QED) is 0.927. The molecular weight excluding hydrogens is 250 g/mol. The molecule has 0 spiro atoms. The third-order valence-corrected chi connectivity index (χ3v) is 3.42. The van der Waals surface area contributed by atoms with E-state index in [0.717, 1.165) is 22.5 Å². The van der Waals surface area contributed by atoms with Gasteiger partial charge in [-0.25, -0.2) is 0 Å². The fourth-order valence-corrected chi connectivity index (χ4v) is 2.20. The number of aryl methyl sites for hydroxylation is 3. The minimum absolute atomic E-state index is 0.432. The molecule has 0 saturated heterocycles. The van der Waals surface area contributed by atoms with E-state index >= 15 is 0 Å². The number of hydrogen-bond acceptors (Lipinski definition) is 3. The minimum Gasteiger partial charge on any atom is -0.388 e. The van der Waals surface area contributed by atoms with E-state index in [1.54, 1.807) is 17.1 Å². The Hall–Kier alpha value is -1.39. The van der Waals surface area contributed by atoms with Gasteiger partial charge in [0.15, 0.2) is 0 Å². The molecule has 0 aromatic carbocycles. The number of halogens is 1. The number of aliphatic hydroxyl groups is 1. The van der Waals surface area contributed by atoms with Gasteiger partial charge in [0.1, 0.15) is 0 Å². The van der Waals surface area contributed by atoms with Gasteiger partial charge < -0.3 is 5.11 Å². The van der Waals surface area contributed by atoms with Gasteiger partial charge in [0, 0.05) is 25.9 Å². The summed E-state index contributed by atoms with van der Waals surface area (Å²) in [4.78, 5) is 4.08. The van der Waals surface area contributed by atoms with Crippen molar-refractivity contribution in [3.8, 4) is 0 Å². The second-order valence-electron chi connectivity index (χ2n) is 4.49. The van der Waals surface area contributed by atoms with Gasteiger partial charge in [0.25, 0.3) is 0 Å². The van der Waals surface area contributed by atoms with Crippen LogP contribution < -0.4 is 0 Å².